The third-order valence-corrected chi connectivity index (χ3v) is 3.28. The van der Waals surface area contributed by atoms with Crippen LogP contribution in [0.1, 0.15) is 59.3 Å². The van der Waals surface area contributed by atoms with E-state index in [1.54, 1.807) is 0 Å². The molecule has 0 atom stereocenters. The van der Waals surface area contributed by atoms with E-state index >= 15 is 0 Å². The van der Waals surface area contributed by atoms with Crippen LogP contribution in [0.4, 0.5) is 0 Å². The molecule has 0 radical (unpaired) electrons. The maximum absolute atomic E-state index is 11.5. The molecule has 3 rings (SSSR count). The third-order valence-electron chi connectivity index (χ3n) is 3.28. The Bertz CT molecular complexity index is 406. The van der Waals surface area contributed by atoms with Gasteiger partial charge in [0.1, 0.15) is 5.69 Å². The number of nitrogens with one attached hydrogen (secondary N) is 1. The van der Waals surface area contributed by atoms with Crippen molar-refractivity contribution >= 4 is 5.91 Å². The Hall–Kier alpha value is -1.42. The van der Waals surface area contributed by atoms with Gasteiger partial charge in [-0.15, -0.1) is 0 Å². The zero-order valence-corrected chi connectivity index (χ0v) is 9.07. The van der Waals surface area contributed by atoms with Gasteiger partial charge in [0.05, 0.1) is 0 Å². The predicted octanol–water partition coefficient (Wildman–Crippen LogP) is 1.44. The van der Waals surface area contributed by atoms with Crippen LogP contribution in [0.25, 0.3) is 0 Å². The number of nitrogens with two attached hydrogens (primary N) is 1. The van der Waals surface area contributed by atoms with E-state index in [1.165, 1.54) is 31.2 Å². The number of hydrogen-bond acceptors (Lipinski definition) is 3. The van der Waals surface area contributed by atoms with E-state index < -0.39 is 0 Å². The quantitative estimate of drug-likeness (QED) is 0.457. The lowest BCUT2D eigenvalue weighted by atomic mass is 10.1. The van der Waals surface area contributed by atoms with Gasteiger partial charge < -0.3 is 0 Å². The number of aromatic nitrogens is 1. The summed E-state index contributed by atoms with van der Waals surface area (Å²) in [5, 5.41) is 0. The normalized spacial score (nSPS) is 19.6. The minimum absolute atomic E-state index is 0.288. The fourth-order valence-corrected chi connectivity index (χ4v) is 2.00. The molecule has 2 fully saturated rings. The summed E-state index contributed by atoms with van der Waals surface area (Å²) in [5.41, 5.74) is 4.95. The van der Waals surface area contributed by atoms with Crippen LogP contribution in [-0.2, 0) is 0 Å². The smallest absolute Gasteiger partial charge is 0.283 e. The second kappa shape index (κ2) is 3.56. The minimum atomic E-state index is -0.288. The molecule has 84 valence electrons. The van der Waals surface area contributed by atoms with Crippen LogP contribution in [0.3, 0.4) is 0 Å². The van der Waals surface area contributed by atoms with E-state index in [0.717, 1.165) is 5.69 Å². The number of nitrogens with zero attached hydrogens (tertiary/aromatic N) is 1. The van der Waals surface area contributed by atoms with E-state index in [1.807, 2.05) is 6.07 Å². The van der Waals surface area contributed by atoms with Gasteiger partial charge in [-0.05, 0) is 49.3 Å². The highest BCUT2D eigenvalue weighted by Gasteiger charge is 2.30. The molecule has 16 heavy (non-hydrogen) atoms. The number of nitrogen functional groups attached to an aromatic ring is 1. The summed E-state index contributed by atoms with van der Waals surface area (Å²) in [7, 11) is 0. The second-order valence-electron chi connectivity index (χ2n) is 4.73. The number of hydrogen-bond donors (Lipinski definition) is 2. The fraction of sp³-hybridized carbons (Fsp3) is 0.500. The SMILES string of the molecule is NNC(=O)c1cc(C2CC2)cc(C2CC2)n1. The predicted molar refractivity (Wildman–Crippen MR) is 59.8 cm³/mol. The number of amides is 1. The molecule has 1 amide bonds. The average molecular weight is 217 g/mol. The zero-order chi connectivity index (χ0) is 11.1. The molecule has 2 aliphatic carbocycles. The van der Waals surface area contributed by atoms with E-state index in [4.69, 9.17) is 5.84 Å². The van der Waals surface area contributed by atoms with Crippen LogP contribution < -0.4 is 11.3 Å². The molecule has 2 aliphatic rings. The molecule has 4 nitrogen and oxygen atoms in total. The zero-order valence-electron chi connectivity index (χ0n) is 9.07. The highest BCUT2D eigenvalue weighted by molar-refractivity contribution is 5.92. The number of rotatable bonds is 3. The van der Waals surface area contributed by atoms with Crippen molar-refractivity contribution in [2.75, 3.05) is 0 Å². The maximum atomic E-state index is 11.5. The van der Waals surface area contributed by atoms with E-state index in [-0.39, 0.29) is 5.91 Å². The molecule has 1 heterocycles. The summed E-state index contributed by atoms with van der Waals surface area (Å²) in [5.74, 6) is 6.08. The van der Waals surface area contributed by atoms with Crippen LogP contribution >= 0.6 is 0 Å². The van der Waals surface area contributed by atoms with Gasteiger partial charge in [0, 0.05) is 11.6 Å². The Balaban J connectivity index is 1.99. The van der Waals surface area contributed by atoms with Gasteiger partial charge in [-0.25, -0.2) is 10.8 Å². The van der Waals surface area contributed by atoms with Gasteiger partial charge in [0.2, 0.25) is 0 Å². The van der Waals surface area contributed by atoms with Crippen molar-refractivity contribution in [3.8, 4) is 0 Å². The fourth-order valence-electron chi connectivity index (χ4n) is 2.00. The van der Waals surface area contributed by atoms with Gasteiger partial charge in [0.25, 0.3) is 5.91 Å². The van der Waals surface area contributed by atoms with E-state index in [9.17, 15) is 4.79 Å². The first-order valence-electron chi connectivity index (χ1n) is 5.81. The van der Waals surface area contributed by atoms with Crippen LogP contribution in [-0.4, -0.2) is 10.9 Å². The van der Waals surface area contributed by atoms with Crippen molar-refractivity contribution in [2.24, 2.45) is 5.84 Å². The number of hydrazine groups is 1. The van der Waals surface area contributed by atoms with E-state index in [2.05, 4.69) is 16.5 Å². The van der Waals surface area contributed by atoms with Gasteiger partial charge in [-0.1, -0.05) is 0 Å². The van der Waals surface area contributed by atoms with Crippen molar-refractivity contribution in [2.45, 2.75) is 37.5 Å². The molecule has 0 saturated heterocycles. The van der Waals surface area contributed by atoms with Crippen LogP contribution in [0.2, 0.25) is 0 Å². The highest BCUT2D eigenvalue weighted by Crippen LogP contribution is 2.44. The molecule has 4 heteroatoms. The van der Waals surface area contributed by atoms with Crippen molar-refractivity contribution in [3.05, 3.63) is 29.1 Å². The summed E-state index contributed by atoms with van der Waals surface area (Å²) in [4.78, 5) is 15.9. The maximum Gasteiger partial charge on any atom is 0.283 e. The summed E-state index contributed by atoms with van der Waals surface area (Å²) in [6.45, 7) is 0. The number of pyridine rings is 1. The topological polar surface area (TPSA) is 68.0 Å². The van der Waals surface area contributed by atoms with Gasteiger partial charge in [0.15, 0.2) is 0 Å². The minimum Gasteiger partial charge on any atom is -0.289 e. The van der Waals surface area contributed by atoms with E-state index in [0.29, 0.717) is 17.5 Å². The van der Waals surface area contributed by atoms with Crippen molar-refractivity contribution in [3.63, 3.8) is 0 Å². The standard InChI is InChI=1S/C12H15N3O/c13-15-12(16)11-6-9(7-1-2-7)5-10(14-11)8-3-4-8/h5-8H,1-4,13H2,(H,15,16). The Morgan fingerprint density at radius 1 is 1.25 bits per heavy atom. The van der Waals surface area contributed by atoms with Gasteiger partial charge in [-0.2, -0.15) is 0 Å². The lowest BCUT2D eigenvalue weighted by molar-refractivity contribution is 0.0948. The Morgan fingerprint density at radius 3 is 2.50 bits per heavy atom. The van der Waals surface area contributed by atoms with Gasteiger partial charge in [-0.3, -0.25) is 10.2 Å². The lowest BCUT2D eigenvalue weighted by Crippen LogP contribution is -2.31. The summed E-state index contributed by atoms with van der Waals surface area (Å²) in [6.07, 6.45) is 4.87. The Kier molecular flexibility index (Phi) is 2.17. The first-order valence-corrected chi connectivity index (χ1v) is 5.81. The molecular weight excluding hydrogens is 202 g/mol. The summed E-state index contributed by atoms with van der Waals surface area (Å²) < 4.78 is 0. The average Bonchev–Trinajstić information content (AvgIpc) is 3.20. The molecule has 0 spiro atoms. The lowest BCUT2D eigenvalue weighted by Gasteiger charge is -2.06. The number of carbonyl (C=O) groups is 1. The molecule has 1 aromatic rings. The second-order valence-corrected chi connectivity index (χ2v) is 4.73. The Labute approximate surface area is 94.2 Å². The first-order chi connectivity index (χ1) is 7.78. The molecule has 2 saturated carbocycles. The molecule has 1 aromatic heterocycles. The van der Waals surface area contributed by atoms with Crippen LogP contribution in [0.5, 0.6) is 0 Å². The van der Waals surface area contributed by atoms with Gasteiger partial charge >= 0.3 is 0 Å². The molecule has 0 aliphatic heterocycles. The molecular formula is C12H15N3O. The van der Waals surface area contributed by atoms with Crippen LogP contribution in [0, 0.1) is 0 Å². The molecule has 0 bridgehead atoms. The first kappa shape index (κ1) is 9.78. The summed E-state index contributed by atoms with van der Waals surface area (Å²) in [6, 6.07) is 4.05. The third kappa shape index (κ3) is 1.80. The molecule has 0 aromatic carbocycles. The molecule has 3 N–H and O–H groups in total. The van der Waals surface area contributed by atoms with Crippen LogP contribution in [0.15, 0.2) is 12.1 Å². The van der Waals surface area contributed by atoms with Crippen molar-refractivity contribution in [1.29, 1.82) is 0 Å². The van der Waals surface area contributed by atoms with Crippen molar-refractivity contribution in [1.82, 2.24) is 10.4 Å². The summed E-state index contributed by atoms with van der Waals surface area (Å²) >= 11 is 0. The Morgan fingerprint density at radius 2 is 1.94 bits per heavy atom. The van der Waals surface area contributed by atoms with Crippen molar-refractivity contribution < 1.29 is 4.79 Å². The molecule has 0 unspecified atom stereocenters. The monoisotopic (exact) mass is 217 g/mol. The number of carbonyl (C=O) groups excluding carboxylic acids is 1. The highest BCUT2D eigenvalue weighted by atomic mass is 16.2. The largest absolute Gasteiger partial charge is 0.289 e.